The predicted molar refractivity (Wildman–Crippen MR) is 74.3 cm³/mol. The molecule has 9 heteroatoms. The van der Waals surface area contributed by atoms with Crippen molar-refractivity contribution < 1.29 is 21.6 Å². The second kappa shape index (κ2) is 7.19. The van der Waals surface area contributed by atoms with Gasteiger partial charge in [0.15, 0.2) is 0 Å². The van der Waals surface area contributed by atoms with Crippen LogP contribution in [0.3, 0.4) is 0 Å². The molecular formula is C11H15F3N2O2S2. The zero-order valence-electron chi connectivity index (χ0n) is 10.7. The summed E-state index contributed by atoms with van der Waals surface area (Å²) in [5.41, 5.74) is -3.57. The molecule has 114 valence electrons. The van der Waals surface area contributed by atoms with Gasteiger partial charge in [0.25, 0.3) is 0 Å². The first kappa shape index (κ1) is 17.1. The lowest BCUT2D eigenvalue weighted by Gasteiger charge is -2.09. The van der Waals surface area contributed by atoms with Crippen LogP contribution in [0.5, 0.6) is 0 Å². The molecule has 0 unspecified atom stereocenters. The Balaban J connectivity index is 2.56. The number of hydrogen-bond acceptors (Lipinski definition) is 4. The second-order valence-electron chi connectivity index (χ2n) is 3.75. The SMILES string of the molecule is CCNc1ccc(S(=O)(=O)NCCSC(F)(F)F)cc1. The lowest BCUT2D eigenvalue weighted by molar-refractivity contribution is -0.0327. The zero-order chi connectivity index (χ0) is 15.2. The van der Waals surface area contributed by atoms with Gasteiger partial charge in [-0.2, -0.15) is 13.2 Å². The molecule has 0 radical (unpaired) electrons. The number of thioether (sulfide) groups is 1. The number of rotatable bonds is 7. The standard InChI is InChI=1S/C11H15F3N2O2S2/c1-2-15-9-3-5-10(6-4-9)20(17,18)16-7-8-19-11(12,13)14/h3-6,15-16H,2,7-8H2,1H3. The number of alkyl halides is 3. The Hall–Kier alpha value is -0.930. The van der Waals surface area contributed by atoms with Crippen molar-refractivity contribution in [3.63, 3.8) is 0 Å². The molecule has 4 nitrogen and oxygen atoms in total. The third-order valence-corrected chi connectivity index (χ3v) is 4.42. The van der Waals surface area contributed by atoms with Crippen molar-refractivity contribution in [2.75, 3.05) is 24.2 Å². The Labute approximate surface area is 120 Å². The molecular weight excluding hydrogens is 313 g/mol. The molecule has 1 rings (SSSR count). The maximum atomic E-state index is 11.9. The molecule has 1 aromatic rings. The van der Waals surface area contributed by atoms with Crippen LogP contribution in [0.2, 0.25) is 0 Å². The normalized spacial score (nSPS) is 12.4. The van der Waals surface area contributed by atoms with Gasteiger partial charge in [-0.1, -0.05) is 0 Å². The van der Waals surface area contributed by atoms with Crippen molar-refractivity contribution in [1.29, 1.82) is 0 Å². The number of sulfonamides is 1. The highest BCUT2D eigenvalue weighted by molar-refractivity contribution is 8.00. The highest BCUT2D eigenvalue weighted by Gasteiger charge is 2.27. The first-order chi connectivity index (χ1) is 9.24. The monoisotopic (exact) mass is 328 g/mol. The molecule has 0 bridgehead atoms. The van der Waals surface area contributed by atoms with E-state index in [0.29, 0.717) is 6.54 Å². The average molecular weight is 328 g/mol. The Morgan fingerprint density at radius 2 is 1.80 bits per heavy atom. The third-order valence-electron chi connectivity index (χ3n) is 2.21. The van der Waals surface area contributed by atoms with Gasteiger partial charge in [-0.05, 0) is 43.0 Å². The van der Waals surface area contributed by atoms with Gasteiger partial charge in [0.05, 0.1) is 4.90 Å². The summed E-state index contributed by atoms with van der Waals surface area (Å²) in [6.45, 7) is 2.34. The minimum absolute atomic E-state index is 0.0242. The number of hydrogen-bond donors (Lipinski definition) is 2. The number of anilines is 1. The number of benzene rings is 1. The van der Waals surface area contributed by atoms with Gasteiger partial charge in [-0.3, -0.25) is 0 Å². The molecule has 0 amide bonds. The van der Waals surface area contributed by atoms with Gasteiger partial charge in [0, 0.05) is 24.5 Å². The lowest BCUT2D eigenvalue weighted by atomic mass is 10.3. The molecule has 20 heavy (non-hydrogen) atoms. The topological polar surface area (TPSA) is 58.2 Å². The van der Waals surface area contributed by atoms with E-state index < -0.39 is 15.5 Å². The van der Waals surface area contributed by atoms with E-state index >= 15 is 0 Å². The van der Waals surface area contributed by atoms with E-state index in [0.717, 1.165) is 5.69 Å². The van der Waals surface area contributed by atoms with Gasteiger partial charge >= 0.3 is 5.51 Å². The second-order valence-corrected chi connectivity index (χ2v) is 6.67. The largest absolute Gasteiger partial charge is 0.441 e. The number of nitrogens with one attached hydrogen (secondary N) is 2. The molecule has 0 saturated carbocycles. The van der Waals surface area contributed by atoms with Gasteiger partial charge in [-0.25, -0.2) is 13.1 Å². The molecule has 0 fully saturated rings. The fraction of sp³-hybridized carbons (Fsp3) is 0.455. The smallest absolute Gasteiger partial charge is 0.385 e. The average Bonchev–Trinajstić information content (AvgIpc) is 2.35. The highest BCUT2D eigenvalue weighted by atomic mass is 32.2. The summed E-state index contributed by atoms with van der Waals surface area (Å²) in [5.74, 6) is -0.363. The number of halogens is 3. The van der Waals surface area contributed by atoms with Gasteiger partial charge in [0.2, 0.25) is 10.0 Å². The van der Waals surface area contributed by atoms with Crippen molar-refractivity contribution in [1.82, 2.24) is 4.72 Å². The Bertz CT molecular complexity index is 515. The molecule has 2 N–H and O–H groups in total. The van der Waals surface area contributed by atoms with Crippen molar-refractivity contribution in [3.05, 3.63) is 24.3 Å². The Morgan fingerprint density at radius 3 is 2.30 bits per heavy atom. The van der Waals surface area contributed by atoms with E-state index in [2.05, 4.69) is 10.0 Å². The first-order valence-electron chi connectivity index (χ1n) is 5.79. The summed E-state index contributed by atoms with van der Waals surface area (Å²) in [5, 5.41) is 3.01. The van der Waals surface area contributed by atoms with Crippen molar-refractivity contribution in [2.24, 2.45) is 0 Å². The van der Waals surface area contributed by atoms with Crippen molar-refractivity contribution >= 4 is 27.5 Å². The maximum absolute atomic E-state index is 11.9. The van der Waals surface area contributed by atoms with Crippen molar-refractivity contribution in [2.45, 2.75) is 17.3 Å². The molecule has 0 heterocycles. The van der Waals surface area contributed by atoms with E-state index in [-0.39, 0.29) is 29.0 Å². The lowest BCUT2D eigenvalue weighted by Crippen LogP contribution is -2.26. The fourth-order valence-corrected chi connectivity index (χ4v) is 2.98. The summed E-state index contributed by atoms with van der Waals surface area (Å²) in [4.78, 5) is 0.0242. The highest BCUT2D eigenvalue weighted by Crippen LogP contribution is 2.29. The van der Waals surface area contributed by atoms with Crippen molar-refractivity contribution in [3.8, 4) is 0 Å². The third kappa shape index (κ3) is 6.02. The summed E-state index contributed by atoms with van der Waals surface area (Å²) in [7, 11) is -3.77. The zero-order valence-corrected chi connectivity index (χ0v) is 12.3. The molecule has 0 aliphatic heterocycles. The first-order valence-corrected chi connectivity index (χ1v) is 8.26. The summed E-state index contributed by atoms with van der Waals surface area (Å²) < 4.78 is 61.4. The van der Waals surface area contributed by atoms with Crippen LogP contribution in [0.25, 0.3) is 0 Å². The van der Waals surface area contributed by atoms with E-state index in [9.17, 15) is 21.6 Å². The summed E-state index contributed by atoms with van der Waals surface area (Å²) >= 11 is -0.258. The quantitative estimate of drug-likeness (QED) is 0.756. The minimum Gasteiger partial charge on any atom is -0.385 e. The summed E-state index contributed by atoms with van der Waals surface area (Å²) in [6.07, 6.45) is 0. The van der Waals surface area contributed by atoms with Crippen LogP contribution in [0, 0.1) is 0 Å². The predicted octanol–water partition coefficient (Wildman–Crippen LogP) is 2.65. The fourth-order valence-electron chi connectivity index (χ4n) is 1.38. The molecule has 0 saturated heterocycles. The van der Waals surface area contributed by atoms with E-state index in [1.165, 1.54) is 12.1 Å². The molecule has 0 aliphatic rings. The van der Waals surface area contributed by atoms with Crippen LogP contribution in [0.15, 0.2) is 29.2 Å². The molecule has 0 atom stereocenters. The van der Waals surface area contributed by atoms with Gasteiger partial charge in [0.1, 0.15) is 0 Å². The minimum atomic E-state index is -4.35. The van der Waals surface area contributed by atoms with Crippen LogP contribution < -0.4 is 10.0 Å². The van der Waals surface area contributed by atoms with Crippen LogP contribution in [-0.4, -0.2) is 32.8 Å². The summed E-state index contributed by atoms with van der Waals surface area (Å²) in [6, 6.07) is 6.00. The van der Waals surface area contributed by atoms with Crippen LogP contribution in [-0.2, 0) is 10.0 Å². The van der Waals surface area contributed by atoms with Gasteiger partial charge < -0.3 is 5.32 Å². The van der Waals surface area contributed by atoms with E-state index in [4.69, 9.17) is 0 Å². The van der Waals surface area contributed by atoms with E-state index in [1.54, 1.807) is 12.1 Å². The van der Waals surface area contributed by atoms with E-state index in [1.807, 2.05) is 6.92 Å². The van der Waals surface area contributed by atoms with Crippen LogP contribution >= 0.6 is 11.8 Å². The van der Waals surface area contributed by atoms with Crippen LogP contribution in [0.4, 0.5) is 18.9 Å². The Morgan fingerprint density at radius 1 is 1.20 bits per heavy atom. The molecule has 0 aromatic heterocycles. The molecule has 0 spiro atoms. The maximum Gasteiger partial charge on any atom is 0.441 e. The Kier molecular flexibility index (Phi) is 6.15. The molecule has 0 aliphatic carbocycles. The molecule has 1 aromatic carbocycles. The van der Waals surface area contributed by atoms with Crippen LogP contribution in [0.1, 0.15) is 6.92 Å². The van der Waals surface area contributed by atoms with Gasteiger partial charge in [-0.15, -0.1) is 0 Å².